The van der Waals surface area contributed by atoms with Gasteiger partial charge in [0.1, 0.15) is 5.82 Å². The molecule has 3 heteroatoms. The fourth-order valence-corrected chi connectivity index (χ4v) is 2.08. The molecule has 0 aliphatic rings. The van der Waals surface area contributed by atoms with Crippen LogP contribution in [0.3, 0.4) is 0 Å². The highest BCUT2D eigenvalue weighted by molar-refractivity contribution is 6.17. The molecule has 0 aliphatic heterocycles. The first kappa shape index (κ1) is 13.3. The second kappa shape index (κ2) is 6.74. The third-order valence-electron chi connectivity index (χ3n) is 2.51. The molecule has 0 saturated carbocycles. The molecule has 0 atom stereocenters. The first-order chi connectivity index (χ1) is 7.72. The minimum atomic E-state index is -0.215. The number of rotatable bonds is 6. The monoisotopic (exact) mass is 243 g/mol. The van der Waals surface area contributed by atoms with Crippen LogP contribution in [0, 0.1) is 5.82 Å². The molecule has 0 spiro atoms. The molecule has 1 rings (SSSR count). The van der Waals surface area contributed by atoms with Crippen LogP contribution < -0.4 is 4.90 Å². The Bertz CT molecular complexity index is 322. The van der Waals surface area contributed by atoms with Crippen molar-refractivity contribution >= 4 is 17.3 Å². The average Bonchev–Trinajstić information content (AvgIpc) is 2.28. The summed E-state index contributed by atoms with van der Waals surface area (Å²) < 4.78 is 13.1. The van der Waals surface area contributed by atoms with E-state index in [4.69, 9.17) is 11.6 Å². The molecule has 16 heavy (non-hydrogen) atoms. The molecule has 0 unspecified atom stereocenters. The van der Waals surface area contributed by atoms with E-state index in [1.807, 2.05) is 6.07 Å². The van der Waals surface area contributed by atoms with Crippen LogP contribution in [0.1, 0.15) is 32.3 Å². The lowest BCUT2D eigenvalue weighted by molar-refractivity contribution is 0.625. The summed E-state index contributed by atoms with van der Waals surface area (Å²) in [5.41, 5.74) is 1.95. The summed E-state index contributed by atoms with van der Waals surface area (Å²) in [5, 5.41) is 0. The van der Waals surface area contributed by atoms with Crippen LogP contribution in [0.25, 0.3) is 0 Å². The summed E-state index contributed by atoms with van der Waals surface area (Å²) in [7, 11) is 0. The summed E-state index contributed by atoms with van der Waals surface area (Å²) in [6.45, 7) is 6.27. The lowest BCUT2D eigenvalue weighted by Gasteiger charge is -2.26. The van der Waals surface area contributed by atoms with Crippen LogP contribution in [0.4, 0.5) is 10.1 Å². The normalized spacial score (nSPS) is 10.5. The summed E-state index contributed by atoms with van der Waals surface area (Å²) >= 11 is 5.86. The van der Waals surface area contributed by atoms with Crippen LogP contribution in [-0.4, -0.2) is 13.1 Å². The van der Waals surface area contributed by atoms with Crippen molar-refractivity contribution in [1.82, 2.24) is 0 Å². The highest BCUT2D eigenvalue weighted by Crippen LogP contribution is 2.23. The van der Waals surface area contributed by atoms with Gasteiger partial charge in [0.05, 0.1) is 0 Å². The highest BCUT2D eigenvalue weighted by Gasteiger charge is 2.10. The van der Waals surface area contributed by atoms with Crippen molar-refractivity contribution in [2.45, 2.75) is 32.6 Å². The molecule has 0 aromatic heterocycles. The minimum Gasteiger partial charge on any atom is -0.371 e. The average molecular weight is 244 g/mol. The number of hydrogen-bond acceptors (Lipinski definition) is 1. The van der Waals surface area contributed by atoms with Gasteiger partial charge in [-0.1, -0.05) is 13.8 Å². The topological polar surface area (TPSA) is 3.24 Å². The standard InChI is InChI=1S/C13H19ClFN/c1-3-7-16(8-4-2)13-6-5-12(15)9-11(13)10-14/h5-6,9H,3-4,7-8,10H2,1-2H3. The van der Waals surface area contributed by atoms with Gasteiger partial charge in [0.25, 0.3) is 0 Å². The fraction of sp³-hybridized carbons (Fsp3) is 0.538. The van der Waals surface area contributed by atoms with E-state index in [9.17, 15) is 4.39 Å². The van der Waals surface area contributed by atoms with Crippen molar-refractivity contribution in [2.24, 2.45) is 0 Å². The lowest BCUT2D eigenvalue weighted by atomic mass is 10.1. The quantitative estimate of drug-likeness (QED) is 0.677. The predicted octanol–water partition coefficient (Wildman–Crippen LogP) is 4.19. The smallest absolute Gasteiger partial charge is 0.123 e. The van der Waals surface area contributed by atoms with Gasteiger partial charge in [0.15, 0.2) is 0 Å². The first-order valence-electron chi connectivity index (χ1n) is 5.82. The minimum absolute atomic E-state index is 0.215. The maximum atomic E-state index is 13.1. The SMILES string of the molecule is CCCN(CCC)c1ccc(F)cc1CCl. The van der Waals surface area contributed by atoms with Crippen LogP contribution >= 0.6 is 11.6 Å². The predicted molar refractivity (Wildman–Crippen MR) is 68.8 cm³/mol. The number of anilines is 1. The molecular formula is C13H19ClFN. The molecule has 0 bridgehead atoms. The van der Waals surface area contributed by atoms with E-state index < -0.39 is 0 Å². The maximum Gasteiger partial charge on any atom is 0.123 e. The second-order valence-electron chi connectivity index (χ2n) is 3.89. The summed E-state index contributed by atoms with van der Waals surface area (Å²) in [4.78, 5) is 2.27. The van der Waals surface area contributed by atoms with Crippen molar-refractivity contribution in [3.63, 3.8) is 0 Å². The zero-order chi connectivity index (χ0) is 12.0. The van der Waals surface area contributed by atoms with Gasteiger partial charge in [-0.15, -0.1) is 11.6 Å². The van der Waals surface area contributed by atoms with E-state index in [-0.39, 0.29) is 5.82 Å². The van der Waals surface area contributed by atoms with E-state index >= 15 is 0 Å². The van der Waals surface area contributed by atoms with Crippen molar-refractivity contribution < 1.29 is 4.39 Å². The van der Waals surface area contributed by atoms with E-state index in [0.717, 1.165) is 37.2 Å². The Morgan fingerprint density at radius 1 is 1.19 bits per heavy atom. The van der Waals surface area contributed by atoms with Gasteiger partial charge in [-0.2, -0.15) is 0 Å². The van der Waals surface area contributed by atoms with E-state index in [1.165, 1.54) is 12.1 Å². The number of halogens is 2. The van der Waals surface area contributed by atoms with Gasteiger partial charge in [-0.05, 0) is 36.6 Å². The van der Waals surface area contributed by atoms with Crippen molar-refractivity contribution in [3.05, 3.63) is 29.6 Å². The van der Waals surface area contributed by atoms with Gasteiger partial charge >= 0.3 is 0 Å². The van der Waals surface area contributed by atoms with Crippen molar-refractivity contribution in [1.29, 1.82) is 0 Å². The summed E-state index contributed by atoms with van der Waals surface area (Å²) in [6.07, 6.45) is 2.16. The third kappa shape index (κ3) is 3.38. The Morgan fingerprint density at radius 2 is 1.81 bits per heavy atom. The van der Waals surface area contributed by atoms with E-state index in [2.05, 4.69) is 18.7 Å². The zero-order valence-corrected chi connectivity index (χ0v) is 10.7. The molecule has 0 aliphatic carbocycles. The van der Waals surface area contributed by atoms with Crippen LogP contribution in [-0.2, 0) is 5.88 Å². The Kier molecular flexibility index (Phi) is 5.61. The van der Waals surface area contributed by atoms with E-state index in [1.54, 1.807) is 0 Å². The Labute approximate surface area is 102 Å². The molecular weight excluding hydrogens is 225 g/mol. The number of nitrogens with zero attached hydrogens (tertiary/aromatic N) is 1. The zero-order valence-electron chi connectivity index (χ0n) is 9.97. The van der Waals surface area contributed by atoms with Gasteiger partial charge in [-0.25, -0.2) is 4.39 Å². The largest absolute Gasteiger partial charge is 0.371 e. The van der Waals surface area contributed by atoms with Crippen LogP contribution in [0.5, 0.6) is 0 Å². The van der Waals surface area contributed by atoms with Gasteiger partial charge < -0.3 is 4.90 Å². The molecule has 1 aromatic rings. The summed E-state index contributed by atoms with van der Waals surface area (Å²) in [5.74, 6) is 0.143. The van der Waals surface area contributed by atoms with Gasteiger partial charge in [0, 0.05) is 24.7 Å². The number of benzene rings is 1. The number of alkyl halides is 1. The number of hydrogen-bond donors (Lipinski definition) is 0. The molecule has 1 nitrogen and oxygen atoms in total. The van der Waals surface area contributed by atoms with Crippen LogP contribution in [0.15, 0.2) is 18.2 Å². The van der Waals surface area contributed by atoms with Gasteiger partial charge in [-0.3, -0.25) is 0 Å². The maximum absolute atomic E-state index is 13.1. The van der Waals surface area contributed by atoms with Crippen molar-refractivity contribution in [2.75, 3.05) is 18.0 Å². The first-order valence-corrected chi connectivity index (χ1v) is 6.35. The Morgan fingerprint density at radius 3 is 2.31 bits per heavy atom. The molecule has 0 fully saturated rings. The fourth-order valence-electron chi connectivity index (χ4n) is 1.86. The second-order valence-corrected chi connectivity index (χ2v) is 4.16. The Hall–Kier alpha value is -0.760. The molecule has 0 N–H and O–H groups in total. The van der Waals surface area contributed by atoms with Gasteiger partial charge in [0.2, 0.25) is 0 Å². The molecule has 90 valence electrons. The molecule has 0 radical (unpaired) electrons. The van der Waals surface area contributed by atoms with Crippen molar-refractivity contribution in [3.8, 4) is 0 Å². The summed E-state index contributed by atoms with van der Waals surface area (Å²) in [6, 6.07) is 4.86. The third-order valence-corrected chi connectivity index (χ3v) is 2.80. The molecule has 0 amide bonds. The molecule has 0 heterocycles. The van der Waals surface area contributed by atoms with Crippen LogP contribution in [0.2, 0.25) is 0 Å². The molecule has 1 aromatic carbocycles. The lowest BCUT2D eigenvalue weighted by Crippen LogP contribution is -2.25. The highest BCUT2D eigenvalue weighted by atomic mass is 35.5. The molecule has 0 saturated heterocycles. The van der Waals surface area contributed by atoms with E-state index in [0.29, 0.717) is 5.88 Å². The Balaban J connectivity index is 2.97.